The predicted molar refractivity (Wildman–Crippen MR) is 133 cm³/mol. The number of aliphatic hydroxyl groups excluding tert-OH is 1. The van der Waals surface area contributed by atoms with E-state index in [1.165, 1.54) is 30.6 Å². The third-order valence-electron chi connectivity index (χ3n) is 5.31. The minimum atomic E-state index is -3.51. The fraction of sp³-hybridized carbons (Fsp3) is 0.238. The monoisotopic (exact) mass is 518 g/mol. The molecule has 37 heavy (non-hydrogen) atoms. The Morgan fingerprint density at radius 1 is 1.16 bits per heavy atom. The number of hydrogen-bond donors (Lipinski definition) is 8. The summed E-state index contributed by atoms with van der Waals surface area (Å²) in [5, 5.41) is 60.0. The molecule has 6 radical (unpaired) electrons. The summed E-state index contributed by atoms with van der Waals surface area (Å²) in [6, 6.07) is 6.73. The maximum absolute atomic E-state index is 12.8. The van der Waals surface area contributed by atoms with Gasteiger partial charge in [-0.2, -0.15) is 5.26 Å². The van der Waals surface area contributed by atoms with Gasteiger partial charge in [0.2, 0.25) is 0 Å². The van der Waals surface area contributed by atoms with Gasteiger partial charge in [0.15, 0.2) is 19.3 Å². The maximum Gasteiger partial charge on any atom is 0.268 e. The van der Waals surface area contributed by atoms with E-state index in [9.17, 15) is 30.3 Å². The van der Waals surface area contributed by atoms with Crippen LogP contribution < -0.4 is 10.6 Å². The molecule has 1 amide bonds. The SMILES string of the molecule is [B]C([B])(O)C(O)(Nc1cc(-c2c[nH]c(C(=O)N[C@H](CO)c3ccc(C#N)nc3)c2)c(Cl)cn1)C([B])(O)O. The van der Waals surface area contributed by atoms with Gasteiger partial charge in [0.25, 0.3) is 5.91 Å². The first-order chi connectivity index (χ1) is 17.2. The third-order valence-corrected chi connectivity index (χ3v) is 5.61. The van der Waals surface area contributed by atoms with E-state index in [0.29, 0.717) is 11.1 Å². The Labute approximate surface area is 219 Å². The number of rotatable bonds is 9. The highest BCUT2D eigenvalue weighted by atomic mass is 35.5. The first-order valence-corrected chi connectivity index (χ1v) is 10.7. The molecule has 0 saturated carbocycles. The zero-order valence-electron chi connectivity index (χ0n) is 18.9. The number of aromatic nitrogens is 3. The third kappa shape index (κ3) is 5.96. The Hall–Kier alpha value is -3.38. The highest BCUT2D eigenvalue weighted by Crippen LogP contribution is 2.33. The summed E-state index contributed by atoms with van der Waals surface area (Å²) >= 11 is 6.23. The van der Waals surface area contributed by atoms with Gasteiger partial charge in [0.1, 0.15) is 39.0 Å². The molecule has 3 rings (SSSR count). The van der Waals surface area contributed by atoms with Crippen LogP contribution in [0.5, 0.6) is 0 Å². The Kier molecular flexibility index (Phi) is 8.04. The van der Waals surface area contributed by atoms with E-state index >= 15 is 0 Å². The van der Waals surface area contributed by atoms with Gasteiger partial charge in [0.05, 0.1) is 17.7 Å². The average Bonchev–Trinajstić information content (AvgIpc) is 3.32. The lowest BCUT2D eigenvalue weighted by atomic mass is 9.54. The fourth-order valence-corrected chi connectivity index (χ4v) is 3.44. The van der Waals surface area contributed by atoms with Crippen molar-refractivity contribution in [2.75, 3.05) is 11.9 Å². The molecule has 0 aliphatic rings. The zero-order chi connectivity index (χ0) is 27.6. The molecule has 12 nitrogen and oxygen atoms in total. The van der Waals surface area contributed by atoms with E-state index < -0.39 is 35.4 Å². The molecule has 0 bridgehead atoms. The van der Waals surface area contributed by atoms with E-state index in [-0.39, 0.29) is 27.8 Å². The van der Waals surface area contributed by atoms with Gasteiger partial charge < -0.3 is 41.2 Å². The van der Waals surface area contributed by atoms with Crippen LogP contribution in [-0.2, 0) is 0 Å². The molecule has 16 heteroatoms. The zero-order valence-corrected chi connectivity index (χ0v) is 19.7. The molecule has 3 heterocycles. The number of carbonyl (C=O) groups is 1. The molecular formula is C21H18B3ClN6O6. The number of pyridine rings is 2. The van der Waals surface area contributed by atoms with Gasteiger partial charge in [-0.1, -0.05) is 17.7 Å². The normalized spacial score (nSPS) is 14.3. The van der Waals surface area contributed by atoms with Gasteiger partial charge >= 0.3 is 0 Å². The van der Waals surface area contributed by atoms with Crippen molar-refractivity contribution >= 4 is 46.9 Å². The standard InChI is InChI=1S/C21H18B3ClN6O6/c22-20(23,35)19(34,21(24,36)37)31-17-4-13(14(25)8-29-17)11-3-15(28-7-11)18(33)30-16(9-32)10-1-2-12(5-26)27-6-10/h1-4,6-8,16,28,32,34-37H,9H2,(H,29,31)(H,30,33)/t16-,19?/m1/s1. The number of H-pyrrole nitrogens is 1. The van der Waals surface area contributed by atoms with Gasteiger partial charge in [-0.3, -0.25) is 4.79 Å². The van der Waals surface area contributed by atoms with Crippen LogP contribution in [0.3, 0.4) is 0 Å². The van der Waals surface area contributed by atoms with Crippen molar-refractivity contribution in [1.29, 1.82) is 5.26 Å². The first-order valence-electron chi connectivity index (χ1n) is 10.4. The van der Waals surface area contributed by atoms with Gasteiger partial charge in [-0.25, -0.2) is 9.97 Å². The van der Waals surface area contributed by atoms with Gasteiger partial charge in [0, 0.05) is 35.1 Å². The van der Waals surface area contributed by atoms with Crippen molar-refractivity contribution in [1.82, 2.24) is 20.3 Å². The second-order valence-corrected chi connectivity index (χ2v) is 8.44. The quantitative estimate of drug-likeness (QED) is 0.120. The Bertz CT molecular complexity index is 1310. The van der Waals surface area contributed by atoms with Crippen LogP contribution in [0.15, 0.2) is 42.9 Å². The summed E-state index contributed by atoms with van der Waals surface area (Å²) < 4.78 is 0. The van der Waals surface area contributed by atoms with E-state index in [1.54, 1.807) is 6.07 Å². The maximum atomic E-state index is 12.8. The number of nitrogens with zero attached hydrogens (tertiary/aromatic N) is 3. The molecule has 0 aliphatic carbocycles. The predicted octanol–water partition coefficient (Wildman–Crippen LogP) is -1.65. The lowest BCUT2D eigenvalue weighted by molar-refractivity contribution is -0.235. The molecule has 8 N–H and O–H groups in total. The highest BCUT2D eigenvalue weighted by molar-refractivity contribution is 6.40. The van der Waals surface area contributed by atoms with Crippen LogP contribution >= 0.6 is 11.6 Å². The molecule has 0 aliphatic heterocycles. The Balaban J connectivity index is 1.85. The molecule has 0 aromatic carbocycles. The van der Waals surface area contributed by atoms with Crippen LogP contribution in [-0.4, -0.2) is 93.3 Å². The van der Waals surface area contributed by atoms with Crippen molar-refractivity contribution in [2.45, 2.75) is 22.9 Å². The number of aliphatic hydroxyl groups is 5. The molecule has 2 atom stereocenters. The summed E-state index contributed by atoms with van der Waals surface area (Å²) in [4.78, 5) is 23.3. The van der Waals surface area contributed by atoms with Crippen LogP contribution in [0.1, 0.15) is 27.8 Å². The molecule has 3 aromatic rings. The molecule has 0 saturated heterocycles. The number of nitrogens with one attached hydrogen (secondary N) is 3. The van der Waals surface area contributed by atoms with Crippen LogP contribution in [0.25, 0.3) is 11.1 Å². The number of anilines is 1. The largest absolute Gasteiger partial charge is 0.404 e. The molecule has 1 unspecified atom stereocenters. The van der Waals surface area contributed by atoms with Crippen molar-refractivity contribution in [3.05, 3.63) is 64.8 Å². The Morgan fingerprint density at radius 3 is 2.41 bits per heavy atom. The van der Waals surface area contributed by atoms with E-state index in [0.717, 1.165) is 6.20 Å². The Morgan fingerprint density at radius 2 is 1.86 bits per heavy atom. The topological polar surface area (TPSA) is 208 Å². The summed E-state index contributed by atoms with van der Waals surface area (Å²) in [5.41, 5.74) is -5.44. The van der Waals surface area contributed by atoms with E-state index in [1.807, 2.05) is 6.07 Å². The van der Waals surface area contributed by atoms with Crippen LogP contribution in [0, 0.1) is 11.3 Å². The molecule has 3 aromatic heterocycles. The second kappa shape index (κ2) is 10.5. The first kappa shape index (κ1) is 28.2. The molecule has 0 fully saturated rings. The number of aromatic amines is 1. The lowest BCUT2D eigenvalue weighted by Crippen LogP contribution is -2.73. The van der Waals surface area contributed by atoms with Crippen molar-refractivity contribution in [3.63, 3.8) is 0 Å². The van der Waals surface area contributed by atoms with Gasteiger partial charge in [-0.05, 0) is 23.8 Å². The summed E-state index contributed by atoms with van der Waals surface area (Å²) in [5.74, 6) is -0.868. The van der Waals surface area contributed by atoms with Gasteiger partial charge in [-0.15, -0.1) is 0 Å². The number of carbonyl (C=O) groups excluding carboxylic acids is 1. The smallest absolute Gasteiger partial charge is 0.268 e. The molecule has 0 spiro atoms. The lowest BCUT2D eigenvalue weighted by Gasteiger charge is -2.47. The fourth-order valence-electron chi connectivity index (χ4n) is 3.23. The second-order valence-electron chi connectivity index (χ2n) is 8.04. The summed E-state index contributed by atoms with van der Waals surface area (Å²) in [7, 11) is 15.6. The van der Waals surface area contributed by atoms with Crippen LogP contribution in [0.4, 0.5) is 5.82 Å². The minimum Gasteiger partial charge on any atom is -0.404 e. The number of nitriles is 1. The van der Waals surface area contributed by atoms with E-state index in [2.05, 4.69) is 25.6 Å². The highest BCUT2D eigenvalue weighted by Gasteiger charge is 2.53. The number of hydrogen-bond acceptors (Lipinski definition) is 10. The number of halogens is 1. The summed E-state index contributed by atoms with van der Waals surface area (Å²) in [6.07, 6.45) is 3.92. The van der Waals surface area contributed by atoms with E-state index in [4.69, 9.17) is 40.4 Å². The average molecular weight is 518 g/mol. The molecule has 184 valence electrons. The van der Waals surface area contributed by atoms with Crippen LogP contribution in [0.2, 0.25) is 5.02 Å². The van der Waals surface area contributed by atoms with Crippen molar-refractivity contribution < 1.29 is 30.3 Å². The molecular weight excluding hydrogens is 500 g/mol. The van der Waals surface area contributed by atoms with Crippen molar-refractivity contribution in [2.24, 2.45) is 0 Å². The van der Waals surface area contributed by atoms with Crippen molar-refractivity contribution in [3.8, 4) is 17.2 Å². The summed E-state index contributed by atoms with van der Waals surface area (Å²) in [6.45, 7) is -0.437. The minimum absolute atomic E-state index is 0.0823. The number of amides is 1.